The fourth-order valence-electron chi connectivity index (χ4n) is 1.99. The first-order valence-corrected chi connectivity index (χ1v) is 7.49. The van der Waals surface area contributed by atoms with Crippen molar-refractivity contribution in [2.45, 2.75) is 13.3 Å². The Labute approximate surface area is 131 Å². The van der Waals surface area contributed by atoms with Crippen molar-refractivity contribution in [1.29, 1.82) is 0 Å². The molecule has 1 aromatic heterocycles. The zero-order valence-corrected chi connectivity index (χ0v) is 13.1. The zero-order chi connectivity index (χ0) is 16.1. The molecule has 0 radical (unpaired) electrons. The monoisotopic (exact) mass is 320 g/mol. The van der Waals surface area contributed by atoms with Crippen LogP contribution in [0.2, 0.25) is 0 Å². The molecule has 2 N–H and O–H groups in total. The van der Waals surface area contributed by atoms with Gasteiger partial charge in [0.25, 0.3) is 5.91 Å². The summed E-state index contributed by atoms with van der Waals surface area (Å²) < 4.78 is 5.20. The summed E-state index contributed by atoms with van der Waals surface area (Å²) in [6.07, 6.45) is 0.548. The number of amides is 1. The van der Waals surface area contributed by atoms with Gasteiger partial charge in [-0.25, -0.2) is 9.78 Å². The Bertz CT molecular complexity index is 697. The van der Waals surface area contributed by atoms with Crippen molar-refractivity contribution in [3.05, 3.63) is 45.4 Å². The number of ether oxygens (including phenoxy) is 1. The quantitative estimate of drug-likeness (QED) is 0.851. The highest BCUT2D eigenvalue weighted by Gasteiger charge is 2.12. The summed E-state index contributed by atoms with van der Waals surface area (Å²) in [6, 6.07) is 4.70. The zero-order valence-electron chi connectivity index (χ0n) is 12.3. The summed E-state index contributed by atoms with van der Waals surface area (Å²) in [5.74, 6) is -0.650. The molecule has 0 fully saturated rings. The summed E-state index contributed by atoms with van der Waals surface area (Å²) in [5.41, 5.74) is 3.36. The predicted molar refractivity (Wildman–Crippen MR) is 82.8 cm³/mol. The highest BCUT2D eigenvalue weighted by molar-refractivity contribution is 7.11. The number of aromatic nitrogens is 1. The fraction of sp³-hybridized carbons (Fsp3) is 0.267. The number of thiazole rings is 1. The molecule has 2 aromatic rings. The van der Waals surface area contributed by atoms with Crippen LogP contribution in [-0.4, -0.2) is 35.6 Å². The number of aromatic carboxylic acids is 1. The van der Waals surface area contributed by atoms with Crippen LogP contribution in [0.25, 0.3) is 0 Å². The van der Waals surface area contributed by atoms with E-state index in [0.717, 1.165) is 5.56 Å². The number of hydrogen-bond donors (Lipinski definition) is 2. The molecule has 0 saturated heterocycles. The number of carbonyl (C=O) groups is 2. The first-order valence-electron chi connectivity index (χ1n) is 6.61. The third-order valence-corrected chi connectivity index (χ3v) is 4.09. The van der Waals surface area contributed by atoms with Gasteiger partial charge in [-0.05, 0) is 31.0 Å². The number of aryl methyl sites for hydroxylation is 1. The number of carbonyl (C=O) groups excluding carboxylic acids is 1. The molecule has 0 aliphatic carbocycles. The van der Waals surface area contributed by atoms with Gasteiger partial charge in [-0.3, -0.25) is 4.79 Å². The molecule has 7 heteroatoms. The van der Waals surface area contributed by atoms with E-state index in [1.807, 2.05) is 0 Å². The molecule has 116 valence electrons. The third kappa shape index (κ3) is 3.62. The summed E-state index contributed by atoms with van der Waals surface area (Å²) in [4.78, 5) is 27.5. The Morgan fingerprint density at radius 3 is 2.77 bits per heavy atom. The summed E-state index contributed by atoms with van der Waals surface area (Å²) >= 11 is 1.30. The summed E-state index contributed by atoms with van der Waals surface area (Å²) in [7, 11) is 1.49. The van der Waals surface area contributed by atoms with Gasteiger partial charge in [-0.2, -0.15) is 0 Å². The van der Waals surface area contributed by atoms with Gasteiger partial charge in [0.1, 0.15) is 10.6 Å². The first kappa shape index (κ1) is 16.0. The molecule has 0 spiro atoms. The second kappa shape index (κ2) is 7.04. The molecule has 0 atom stereocenters. The maximum atomic E-state index is 12.0. The van der Waals surface area contributed by atoms with Crippen molar-refractivity contribution in [2.24, 2.45) is 0 Å². The Morgan fingerprint density at radius 2 is 2.18 bits per heavy atom. The maximum Gasteiger partial charge on any atom is 0.335 e. The maximum absolute atomic E-state index is 12.0. The van der Waals surface area contributed by atoms with E-state index >= 15 is 0 Å². The van der Waals surface area contributed by atoms with Crippen LogP contribution in [0, 0.1) is 6.92 Å². The van der Waals surface area contributed by atoms with E-state index < -0.39 is 5.97 Å². The van der Waals surface area contributed by atoms with Crippen molar-refractivity contribution < 1.29 is 19.4 Å². The van der Waals surface area contributed by atoms with Crippen LogP contribution in [0.4, 0.5) is 0 Å². The van der Waals surface area contributed by atoms with E-state index in [1.54, 1.807) is 18.5 Å². The molecule has 0 aliphatic heterocycles. The van der Waals surface area contributed by atoms with Gasteiger partial charge < -0.3 is 15.2 Å². The molecule has 0 aliphatic rings. The lowest BCUT2D eigenvalue weighted by molar-refractivity contribution is 0.0696. The molecule has 22 heavy (non-hydrogen) atoms. The molecule has 1 aromatic carbocycles. The Kier molecular flexibility index (Phi) is 5.11. The van der Waals surface area contributed by atoms with E-state index in [-0.39, 0.29) is 11.5 Å². The van der Waals surface area contributed by atoms with E-state index in [1.165, 1.54) is 30.6 Å². The van der Waals surface area contributed by atoms with E-state index in [4.69, 9.17) is 9.84 Å². The van der Waals surface area contributed by atoms with Crippen molar-refractivity contribution in [2.75, 3.05) is 13.7 Å². The van der Waals surface area contributed by atoms with Gasteiger partial charge in [0.15, 0.2) is 0 Å². The number of nitrogens with one attached hydrogen (secondary N) is 1. The van der Waals surface area contributed by atoms with E-state index in [9.17, 15) is 9.59 Å². The molecule has 0 unspecified atom stereocenters. The van der Waals surface area contributed by atoms with Crippen LogP contribution in [-0.2, 0) is 6.42 Å². The van der Waals surface area contributed by atoms with Gasteiger partial charge >= 0.3 is 5.97 Å². The minimum Gasteiger partial charge on any atom is -0.496 e. The van der Waals surface area contributed by atoms with Crippen molar-refractivity contribution in [3.8, 4) is 5.75 Å². The topological polar surface area (TPSA) is 88.5 Å². The largest absolute Gasteiger partial charge is 0.496 e. The average molecular weight is 320 g/mol. The number of methoxy groups -OCH3 is 1. The second-order valence-electron chi connectivity index (χ2n) is 4.60. The first-order chi connectivity index (χ1) is 10.5. The van der Waals surface area contributed by atoms with Crippen molar-refractivity contribution in [3.63, 3.8) is 0 Å². The number of rotatable bonds is 6. The highest BCUT2D eigenvalue weighted by atomic mass is 32.1. The van der Waals surface area contributed by atoms with Crippen LogP contribution >= 0.6 is 11.3 Å². The molecule has 1 amide bonds. The number of nitrogens with zero attached hydrogens (tertiary/aromatic N) is 1. The number of hydrogen-bond acceptors (Lipinski definition) is 5. The second-order valence-corrected chi connectivity index (χ2v) is 5.46. The van der Waals surface area contributed by atoms with Crippen molar-refractivity contribution in [1.82, 2.24) is 10.3 Å². The molecule has 0 bridgehead atoms. The SMILES string of the molecule is COc1cc(C(=O)O)ccc1CCNC(=O)c1scnc1C. The number of carboxylic acids is 1. The third-order valence-electron chi connectivity index (χ3n) is 3.17. The Balaban J connectivity index is 1.98. The van der Waals surface area contributed by atoms with Crippen LogP contribution in [0.3, 0.4) is 0 Å². The van der Waals surface area contributed by atoms with E-state index in [2.05, 4.69) is 10.3 Å². The van der Waals surface area contributed by atoms with Crippen LogP contribution in [0.15, 0.2) is 23.7 Å². The highest BCUT2D eigenvalue weighted by Crippen LogP contribution is 2.20. The Morgan fingerprint density at radius 1 is 1.41 bits per heavy atom. The minimum absolute atomic E-state index is 0.152. The predicted octanol–water partition coefficient (Wildman–Crippen LogP) is 2.13. The van der Waals surface area contributed by atoms with Crippen LogP contribution in [0.5, 0.6) is 5.75 Å². The lowest BCUT2D eigenvalue weighted by atomic mass is 10.1. The standard InChI is InChI=1S/C15H16N2O4S/c1-9-13(22-8-17-9)14(18)16-6-5-10-3-4-11(15(19)20)7-12(10)21-2/h3-4,7-8H,5-6H2,1-2H3,(H,16,18)(H,19,20). The summed E-state index contributed by atoms with van der Waals surface area (Å²) in [5, 5.41) is 11.8. The lowest BCUT2D eigenvalue weighted by Gasteiger charge is -2.10. The van der Waals surface area contributed by atoms with Gasteiger partial charge in [0.2, 0.25) is 0 Å². The minimum atomic E-state index is -1.00. The van der Waals surface area contributed by atoms with Crippen LogP contribution < -0.4 is 10.1 Å². The normalized spacial score (nSPS) is 10.3. The van der Waals surface area contributed by atoms with Gasteiger partial charge in [0.05, 0.1) is 23.9 Å². The van der Waals surface area contributed by atoms with Gasteiger partial charge in [-0.15, -0.1) is 11.3 Å². The van der Waals surface area contributed by atoms with Crippen molar-refractivity contribution >= 4 is 23.2 Å². The van der Waals surface area contributed by atoms with Gasteiger partial charge in [-0.1, -0.05) is 6.07 Å². The molecular formula is C15H16N2O4S. The van der Waals surface area contributed by atoms with Gasteiger partial charge in [0, 0.05) is 6.54 Å². The molecule has 2 rings (SSSR count). The average Bonchev–Trinajstić information content (AvgIpc) is 2.93. The molecule has 0 saturated carbocycles. The number of carboxylic acid groups (broad SMARTS) is 1. The molecule has 6 nitrogen and oxygen atoms in total. The van der Waals surface area contributed by atoms with Crippen LogP contribution in [0.1, 0.15) is 31.3 Å². The molecular weight excluding hydrogens is 304 g/mol. The number of benzene rings is 1. The molecule has 1 heterocycles. The Hall–Kier alpha value is -2.41. The fourth-order valence-corrected chi connectivity index (χ4v) is 2.71. The smallest absolute Gasteiger partial charge is 0.335 e. The summed E-state index contributed by atoms with van der Waals surface area (Å²) in [6.45, 7) is 2.22. The van der Waals surface area contributed by atoms with E-state index in [0.29, 0.717) is 29.3 Å². The lowest BCUT2D eigenvalue weighted by Crippen LogP contribution is -2.25.